The lowest BCUT2D eigenvalue weighted by Crippen LogP contribution is -2.30. The zero-order chi connectivity index (χ0) is 26.6. The van der Waals surface area contributed by atoms with Crippen molar-refractivity contribution in [1.82, 2.24) is 0 Å². The summed E-state index contributed by atoms with van der Waals surface area (Å²) < 4.78 is 84.4. The summed E-state index contributed by atoms with van der Waals surface area (Å²) >= 11 is 0. The SMILES string of the molecule is C/C=C/CCC1CCC2CC(c3cc(F)c(C#Cc4ccc(OC(F)(F)F)cc4F)c(F)c3)CCC2C1. The van der Waals surface area contributed by atoms with Gasteiger partial charge in [-0.15, -0.1) is 13.2 Å². The van der Waals surface area contributed by atoms with E-state index in [4.69, 9.17) is 0 Å². The molecule has 2 aromatic carbocycles. The smallest absolute Gasteiger partial charge is 0.406 e. The fourth-order valence-electron chi connectivity index (χ4n) is 5.92. The Kier molecular flexibility index (Phi) is 8.56. The third-order valence-electron chi connectivity index (χ3n) is 7.73. The number of halogens is 6. The molecule has 2 aromatic rings. The summed E-state index contributed by atoms with van der Waals surface area (Å²) in [6, 6.07) is 5.03. The highest BCUT2D eigenvalue weighted by atomic mass is 19.4. The lowest BCUT2D eigenvalue weighted by Gasteiger charge is -2.42. The van der Waals surface area contributed by atoms with Gasteiger partial charge in [0.15, 0.2) is 0 Å². The van der Waals surface area contributed by atoms with Crippen molar-refractivity contribution in [2.45, 2.75) is 70.6 Å². The van der Waals surface area contributed by atoms with Crippen LogP contribution in [0.15, 0.2) is 42.5 Å². The molecular formula is C30H30F6O. The van der Waals surface area contributed by atoms with Gasteiger partial charge in [0, 0.05) is 6.07 Å². The van der Waals surface area contributed by atoms with Gasteiger partial charge in [0.2, 0.25) is 0 Å². The van der Waals surface area contributed by atoms with Crippen molar-refractivity contribution < 1.29 is 31.1 Å². The minimum Gasteiger partial charge on any atom is -0.406 e. The normalized spacial score (nSPS) is 23.9. The molecular weight excluding hydrogens is 490 g/mol. The predicted octanol–water partition coefficient (Wildman–Crippen LogP) is 9.06. The summed E-state index contributed by atoms with van der Waals surface area (Å²) in [4.78, 5) is 0. The molecule has 0 amide bonds. The van der Waals surface area contributed by atoms with Gasteiger partial charge in [-0.3, -0.25) is 0 Å². The van der Waals surface area contributed by atoms with Crippen LogP contribution in [0, 0.1) is 47.0 Å². The standard InChI is InChI=1S/C30H30F6O/c1-2-3-4-5-19-6-7-22-15-23(9-8-21(22)14-19)24-16-28(32)26(29(33)17-24)13-11-20-10-12-25(18-27(20)31)37-30(34,35)36/h2-3,10,12,16-19,21-23H,4-9,14-15H2,1H3/b3-2+. The Morgan fingerprint density at radius 2 is 1.59 bits per heavy atom. The molecule has 37 heavy (non-hydrogen) atoms. The molecule has 1 nitrogen and oxygen atoms in total. The van der Waals surface area contributed by atoms with E-state index in [0.717, 1.165) is 50.2 Å². The van der Waals surface area contributed by atoms with Crippen molar-refractivity contribution in [3.05, 3.63) is 76.6 Å². The molecule has 198 valence electrons. The summed E-state index contributed by atoms with van der Waals surface area (Å²) in [5.74, 6) is 3.25. The summed E-state index contributed by atoms with van der Waals surface area (Å²) in [5, 5.41) is 0. The zero-order valence-corrected chi connectivity index (χ0v) is 20.7. The van der Waals surface area contributed by atoms with E-state index in [2.05, 4.69) is 28.7 Å². The van der Waals surface area contributed by atoms with Crippen LogP contribution in [-0.2, 0) is 0 Å². The molecule has 4 atom stereocenters. The molecule has 0 spiro atoms. The first-order chi connectivity index (χ1) is 17.6. The van der Waals surface area contributed by atoms with E-state index in [-0.39, 0.29) is 11.5 Å². The Balaban J connectivity index is 1.42. The fourth-order valence-corrected chi connectivity index (χ4v) is 5.92. The second-order valence-corrected chi connectivity index (χ2v) is 10.2. The second kappa shape index (κ2) is 11.7. The van der Waals surface area contributed by atoms with E-state index in [1.54, 1.807) is 0 Å². The van der Waals surface area contributed by atoms with E-state index in [1.807, 2.05) is 6.92 Å². The van der Waals surface area contributed by atoms with E-state index in [1.165, 1.54) is 31.4 Å². The van der Waals surface area contributed by atoms with Gasteiger partial charge in [-0.1, -0.05) is 30.4 Å². The Morgan fingerprint density at radius 3 is 2.27 bits per heavy atom. The highest BCUT2D eigenvalue weighted by molar-refractivity contribution is 5.47. The largest absolute Gasteiger partial charge is 0.573 e. The first-order valence-corrected chi connectivity index (χ1v) is 12.8. The average molecular weight is 521 g/mol. The maximum absolute atomic E-state index is 14.9. The number of fused-ring (bicyclic) bond motifs is 1. The van der Waals surface area contributed by atoms with Crippen molar-refractivity contribution in [1.29, 1.82) is 0 Å². The second-order valence-electron chi connectivity index (χ2n) is 10.2. The van der Waals surface area contributed by atoms with E-state index >= 15 is 0 Å². The zero-order valence-electron chi connectivity index (χ0n) is 20.7. The highest BCUT2D eigenvalue weighted by Gasteiger charge is 2.36. The quantitative estimate of drug-likeness (QED) is 0.217. The number of hydrogen-bond donors (Lipinski definition) is 0. The van der Waals surface area contributed by atoms with E-state index < -0.39 is 35.1 Å². The van der Waals surface area contributed by atoms with E-state index in [9.17, 15) is 26.3 Å². The van der Waals surface area contributed by atoms with Crippen LogP contribution in [0.2, 0.25) is 0 Å². The number of allylic oxidation sites excluding steroid dienone is 2. The van der Waals surface area contributed by atoms with Crippen molar-refractivity contribution in [3.8, 4) is 17.6 Å². The van der Waals surface area contributed by atoms with Crippen molar-refractivity contribution in [3.63, 3.8) is 0 Å². The first kappa shape index (κ1) is 27.2. The van der Waals surface area contributed by atoms with Gasteiger partial charge in [-0.05, 0) is 105 Å². The van der Waals surface area contributed by atoms with Gasteiger partial charge < -0.3 is 4.74 Å². The van der Waals surface area contributed by atoms with Crippen LogP contribution in [0.1, 0.15) is 80.9 Å². The summed E-state index contributed by atoms with van der Waals surface area (Å²) in [6.45, 7) is 2.04. The topological polar surface area (TPSA) is 9.23 Å². The van der Waals surface area contributed by atoms with Crippen LogP contribution < -0.4 is 4.74 Å². The Hall–Kier alpha value is -2.88. The molecule has 0 radical (unpaired) electrons. The lowest BCUT2D eigenvalue weighted by atomic mass is 9.63. The number of ether oxygens (including phenoxy) is 1. The number of hydrogen-bond acceptors (Lipinski definition) is 1. The van der Waals surface area contributed by atoms with Crippen LogP contribution in [0.4, 0.5) is 26.3 Å². The Bertz CT molecular complexity index is 1170. The molecule has 2 saturated carbocycles. The van der Waals surface area contributed by atoms with Gasteiger partial charge in [0.25, 0.3) is 0 Å². The van der Waals surface area contributed by atoms with Gasteiger partial charge in [0.1, 0.15) is 23.2 Å². The monoisotopic (exact) mass is 520 g/mol. The average Bonchev–Trinajstić information content (AvgIpc) is 2.83. The number of alkyl halides is 3. The van der Waals surface area contributed by atoms with Gasteiger partial charge in [-0.2, -0.15) is 0 Å². The third kappa shape index (κ3) is 7.12. The van der Waals surface area contributed by atoms with E-state index in [0.29, 0.717) is 23.5 Å². The van der Waals surface area contributed by atoms with Crippen LogP contribution in [0.25, 0.3) is 0 Å². The Morgan fingerprint density at radius 1 is 0.892 bits per heavy atom. The number of rotatable bonds is 5. The summed E-state index contributed by atoms with van der Waals surface area (Å²) in [7, 11) is 0. The molecule has 2 aliphatic rings. The lowest BCUT2D eigenvalue weighted by molar-refractivity contribution is -0.274. The molecule has 2 fully saturated rings. The molecule has 7 heteroatoms. The van der Waals surface area contributed by atoms with Gasteiger partial charge in [-0.25, -0.2) is 13.2 Å². The Labute approximate surface area is 213 Å². The van der Waals surface area contributed by atoms with Crippen LogP contribution >= 0.6 is 0 Å². The van der Waals surface area contributed by atoms with Crippen molar-refractivity contribution in [2.75, 3.05) is 0 Å². The first-order valence-electron chi connectivity index (χ1n) is 12.8. The molecule has 0 saturated heterocycles. The van der Waals surface area contributed by atoms with Gasteiger partial charge in [0.05, 0.1) is 11.1 Å². The number of benzene rings is 2. The molecule has 0 aromatic heterocycles. The summed E-state index contributed by atoms with van der Waals surface area (Å²) in [5.41, 5.74) is -0.167. The molecule has 2 aliphatic carbocycles. The third-order valence-corrected chi connectivity index (χ3v) is 7.73. The molecule has 0 heterocycles. The molecule has 4 unspecified atom stereocenters. The molecule has 0 aliphatic heterocycles. The predicted molar refractivity (Wildman–Crippen MR) is 130 cm³/mol. The minimum absolute atomic E-state index is 0.0884. The van der Waals surface area contributed by atoms with Gasteiger partial charge >= 0.3 is 6.36 Å². The van der Waals surface area contributed by atoms with Crippen LogP contribution in [-0.4, -0.2) is 6.36 Å². The highest BCUT2D eigenvalue weighted by Crippen LogP contribution is 2.48. The summed E-state index contributed by atoms with van der Waals surface area (Å²) in [6.07, 6.45) is 8.20. The molecule has 0 bridgehead atoms. The molecule has 4 rings (SSSR count). The fraction of sp³-hybridized carbons (Fsp3) is 0.467. The van der Waals surface area contributed by atoms with Crippen LogP contribution in [0.5, 0.6) is 5.75 Å². The maximum Gasteiger partial charge on any atom is 0.573 e. The maximum atomic E-state index is 14.9. The minimum atomic E-state index is -4.96. The van der Waals surface area contributed by atoms with Crippen molar-refractivity contribution in [2.24, 2.45) is 17.8 Å². The van der Waals surface area contributed by atoms with Crippen LogP contribution in [0.3, 0.4) is 0 Å². The van der Waals surface area contributed by atoms with Crippen molar-refractivity contribution >= 4 is 0 Å². The molecule has 0 N–H and O–H groups in total.